The number of nitrogens with one attached hydrogen (secondary N) is 1. The third-order valence-electron chi connectivity index (χ3n) is 4.60. The van der Waals surface area contributed by atoms with Gasteiger partial charge in [-0.05, 0) is 41.7 Å². The van der Waals surface area contributed by atoms with Crippen LogP contribution in [0.15, 0.2) is 30.3 Å². The fourth-order valence-corrected chi connectivity index (χ4v) is 6.14. The molecule has 0 saturated carbocycles. The molecule has 1 aromatic carbocycles. The lowest BCUT2D eigenvalue weighted by Crippen LogP contribution is -2.30. The van der Waals surface area contributed by atoms with Crippen molar-refractivity contribution in [1.82, 2.24) is 5.32 Å². The van der Waals surface area contributed by atoms with Crippen LogP contribution in [0, 0.1) is 11.8 Å². The Balaban J connectivity index is 1.87. The van der Waals surface area contributed by atoms with Gasteiger partial charge in [-0.3, -0.25) is 4.79 Å². The van der Waals surface area contributed by atoms with Crippen LogP contribution >= 0.6 is 23.5 Å². The highest BCUT2D eigenvalue weighted by atomic mass is 32.2. The molecule has 0 aliphatic carbocycles. The molecule has 1 amide bonds. The van der Waals surface area contributed by atoms with Crippen LogP contribution < -0.4 is 5.32 Å². The van der Waals surface area contributed by atoms with E-state index in [0.717, 1.165) is 18.4 Å². The first kappa shape index (κ1) is 19.7. The topological polar surface area (TPSA) is 49.3 Å². The number of rotatable bonds is 9. The van der Waals surface area contributed by atoms with Crippen LogP contribution in [0.3, 0.4) is 0 Å². The van der Waals surface area contributed by atoms with Crippen molar-refractivity contribution in [2.24, 2.45) is 11.8 Å². The van der Waals surface area contributed by atoms with E-state index in [9.17, 15) is 9.90 Å². The van der Waals surface area contributed by atoms with E-state index in [1.807, 2.05) is 53.9 Å². The minimum atomic E-state index is 0.0987. The quantitative estimate of drug-likeness (QED) is 0.695. The summed E-state index contributed by atoms with van der Waals surface area (Å²) in [5, 5.41) is 12.7. The molecular formula is C19H29NO2S2. The third-order valence-corrected chi connectivity index (χ3v) is 7.59. The maximum Gasteiger partial charge on any atom is 0.220 e. The molecule has 1 heterocycles. The second kappa shape index (κ2) is 11.1. The van der Waals surface area contributed by atoms with Gasteiger partial charge in [0.15, 0.2) is 0 Å². The molecule has 0 radical (unpaired) electrons. The van der Waals surface area contributed by atoms with E-state index in [-0.39, 0.29) is 24.3 Å². The molecule has 1 aliphatic heterocycles. The molecule has 24 heavy (non-hydrogen) atoms. The molecule has 2 N–H and O–H groups in total. The van der Waals surface area contributed by atoms with Gasteiger partial charge < -0.3 is 10.4 Å². The van der Waals surface area contributed by atoms with Crippen molar-refractivity contribution in [3.63, 3.8) is 0 Å². The fraction of sp³-hybridized carbons (Fsp3) is 0.632. The Morgan fingerprint density at radius 2 is 1.96 bits per heavy atom. The molecule has 1 aromatic rings. The van der Waals surface area contributed by atoms with Crippen LogP contribution in [0.4, 0.5) is 0 Å². The fourth-order valence-electron chi connectivity index (χ4n) is 3.08. The molecule has 0 spiro atoms. The van der Waals surface area contributed by atoms with Gasteiger partial charge >= 0.3 is 0 Å². The lowest BCUT2D eigenvalue weighted by Gasteiger charge is -2.29. The van der Waals surface area contributed by atoms with Gasteiger partial charge in [0.25, 0.3) is 0 Å². The summed E-state index contributed by atoms with van der Waals surface area (Å²) in [4.78, 5) is 12.4. The molecule has 5 heteroatoms. The number of hydrogen-bond acceptors (Lipinski definition) is 4. The van der Waals surface area contributed by atoms with Crippen molar-refractivity contribution < 1.29 is 9.90 Å². The Labute approximate surface area is 154 Å². The molecule has 2 atom stereocenters. The number of aliphatic hydroxyl groups excluding tert-OH is 1. The lowest BCUT2D eigenvalue weighted by molar-refractivity contribution is -0.122. The Bertz CT molecular complexity index is 474. The van der Waals surface area contributed by atoms with Crippen LogP contribution in [-0.2, 0) is 11.3 Å². The highest BCUT2D eigenvalue weighted by Crippen LogP contribution is 2.38. The average molecular weight is 368 g/mol. The zero-order chi connectivity index (χ0) is 17.2. The Hall–Kier alpha value is -0.650. The van der Waals surface area contributed by atoms with Gasteiger partial charge in [0.1, 0.15) is 0 Å². The van der Waals surface area contributed by atoms with E-state index in [2.05, 4.69) is 12.2 Å². The Morgan fingerprint density at radius 3 is 2.58 bits per heavy atom. The minimum Gasteiger partial charge on any atom is -0.396 e. The van der Waals surface area contributed by atoms with Crippen LogP contribution in [0.1, 0.15) is 38.2 Å². The van der Waals surface area contributed by atoms with E-state index in [4.69, 9.17) is 0 Å². The maximum atomic E-state index is 12.4. The molecule has 0 aromatic heterocycles. The highest BCUT2D eigenvalue weighted by Gasteiger charge is 2.27. The number of aliphatic hydroxyl groups is 1. The van der Waals surface area contributed by atoms with Gasteiger partial charge in [-0.2, -0.15) is 0 Å². The van der Waals surface area contributed by atoms with E-state index < -0.39 is 0 Å². The normalized spacial score (nSPS) is 18.1. The summed E-state index contributed by atoms with van der Waals surface area (Å²) in [6.07, 6.45) is 3.75. The van der Waals surface area contributed by atoms with Crippen LogP contribution in [0.25, 0.3) is 0 Å². The first-order chi connectivity index (χ1) is 11.7. The van der Waals surface area contributed by atoms with Crippen molar-refractivity contribution in [1.29, 1.82) is 0 Å². The summed E-state index contributed by atoms with van der Waals surface area (Å²) in [7, 11) is 0. The largest absolute Gasteiger partial charge is 0.396 e. The van der Waals surface area contributed by atoms with Gasteiger partial charge in [0, 0.05) is 19.6 Å². The molecule has 3 nitrogen and oxygen atoms in total. The van der Waals surface area contributed by atoms with E-state index in [1.54, 1.807) is 0 Å². The highest BCUT2D eigenvalue weighted by molar-refractivity contribution is 8.17. The first-order valence-corrected chi connectivity index (χ1v) is 11.0. The number of carbonyl (C=O) groups is 1. The average Bonchev–Trinajstić information content (AvgIpc) is 2.63. The molecular weight excluding hydrogens is 338 g/mol. The molecule has 0 bridgehead atoms. The van der Waals surface area contributed by atoms with E-state index in [1.165, 1.54) is 17.9 Å². The van der Waals surface area contributed by atoms with Crippen molar-refractivity contribution in [3.8, 4) is 0 Å². The van der Waals surface area contributed by atoms with Gasteiger partial charge in [-0.1, -0.05) is 43.7 Å². The van der Waals surface area contributed by atoms with Crippen molar-refractivity contribution >= 4 is 29.4 Å². The predicted molar refractivity (Wildman–Crippen MR) is 105 cm³/mol. The molecule has 1 saturated heterocycles. The van der Waals surface area contributed by atoms with Crippen molar-refractivity contribution in [3.05, 3.63) is 35.9 Å². The van der Waals surface area contributed by atoms with Crippen LogP contribution in [-0.4, -0.2) is 33.7 Å². The maximum absolute atomic E-state index is 12.4. The number of carbonyl (C=O) groups excluding carboxylic acids is 1. The summed E-state index contributed by atoms with van der Waals surface area (Å²) in [6, 6.07) is 10.0. The summed E-state index contributed by atoms with van der Waals surface area (Å²) in [5.41, 5.74) is 1.12. The minimum absolute atomic E-state index is 0.0987. The lowest BCUT2D eigenvalue weighted by atomic mass is 9.85. The van der Waals surface area contributed by atoms with Gasteiger partial charge in [-0.25, -0.2) is 0 Å². The Morgan fingerprint density at radius 1 is 1.25 bits per heavy atom. The molecule has 134 valence electrons. The van der Waals surface area contributed by atoms with Crippen LogP contribution in [0.2, 0.25) is 0 Å². The second-order valence-corrected chi connectivity index (χ2v) is 9.26. The van der Waals surface area contributed by atoms with Crippen LogP contribution in [0.5, 0.6) is 0 Å². The zero-order valence-corrected chi connectivity index (χ0v) is 16.1. The molecule has 2 rings (SSSR count). The van der Waals surface area contributed by atoms with Gasteiger partial charge in [-0.15, -0.1) is 23.5 Å². The SMILES string of the molecule is CC[C@@H](CO)[C@@H](CC(=O)NCc1ccccc1)CC1SCCCS1. The standard InChI is InChI=1S/C19H29NO2S2/c1-2-16(14-21)17(12-19-23-9-6-10-24-19)11-18(22)20-13-15-7-4-3-5-8-15/h3-5,7-8,16-17,19,21H,2,6,9-14H2,1H3,(H,20,22)/t16-,17-/m0/s1. The molecule has 0 unspecified atom stereocenters. The first-order valence-electron chi connectivity index (χ1n) is 8.87. The third kappa shape index (κ3) is 6.69. The van der Waals surface area contributed by atoms with Crippen molar-refractivity contribution in [2.45, 2.75) is 43.7 Å². The summed E-state index contributed by atoms with van der Waals surface area (Å²) in [6.45, 7) is 2.86. The summed E-state index contributed by atoms with van der Waals surface area (Å²) >= 11 is 4.03. The monoisotopic (exact) mass is 367 g/mol. The second-order valence-electron chi connectivity index (χ2n) is 6.34. The molecule has 1 aliphatic rings. The number of thioether (sulfide) groups is 2. The number of hydrogen-bond donors (Lipinski definition) is 2. The smallest absolute Gasteiger partial charge is 0.220 e. The zero-order valence-electron chi connectivity index (χ0n) is 14.4. The van der Waals surface area contributed by atoms with E-state index in [0.29, 0.717) is 17.5 Å². The van der Waals surface area contributed by atoms with Gasteiger partial charge in [0.05, 0.1) is 4.58 Å². The van der Waals surface area contributed by atoms with Crippen molar-refractivity contribution in [2.75, 3.05) is 18.1 Å². The number of benzene rings is 1. The predicted octanol–water partition coefficient (Wildman–Crippen LogP) is 3.91. The van der Waals surface area contributed by atoms with Gasteiger partial charge in [0.2, 0.25) is 5.91 Å². The summed E-state index contributed by atoms with van der Waals surface area (Å²) < 4.78 is 0.575. The molecule has 1 fully saturated rings. The van der Waals surface area contributed by atoms with E-state index >= 15 is 0 Å². The summed E-state index contributed by atoms with van der Waals surface area (Å²) in [5.74, 6) is 3.03. The number of amides is 1. The Kier molecular flexibility index (Phi) is 9.07.